The average molecular weight is 258 g/mol. The Hall–Kier alpha value is -1.21. The minimum Gasteiger partial charge on any atom is -0.383 e. The Kier molecular flexibility index (Phi) is 5.30. The van der Waals surface area contributed by atoms with Crippen molar-refractivity contribution < 1.29 is 9.53 Å². The zero-order chi connectivity index (χ0) is 12.8. The number of anilines is 1. The van der Waals surface area contributed by atoms with E-state index in [0.717, 1.165) is 0 Å². The molecule has 0 aromatic carbocycles. The van der Waals surface area contributed by atoms with Crippen LogP contribution in [0.4, 0.5) is 5.13 Å². The second-order valence-electron chi connectivity index (χ2n) is 3.56. The van der Waals surface area contributed by atoms with E-state index in [1.807, 2.05) is 13.8 Å². The Morgan fingerprint density at radius 3 is 2.76 bits per heavy atom. The lowest BCUT2D eigenvalue weighted by atomic mass is 10.3. The fourth-order valence-electron chi connectivity index (χ4n) is 1.52. The molecule has 1 rings (SSSR count). The van der Waals surface area contributed by atoms with E-state index in [4.69, 9.17) is 4.74 Å². The van der Waals surface area contributed by atoms with Crippen LogP contribution in [0.5, 0.6) is 0 Å². The quantitative estimate of drug-likeness (QED) is 0.827. The lowest BCUT2D eigenvalue weighted by Gasteiger charge is -2.26. The highest BCUT2D eigenvalue weighted by atomic mass is 32.1. The van der Waals surface area contributed by atoms with Gasteiger partial charge in [0.05, 0.1) is 12.6 Å². The molecule has 0 radical (unpaired) electrons. The van der Waals surface area contributed by atoms with E-state index in [1.165, 1.54) is 11.3 Å². The molecule has 1 amide bonds. The molecule has 96 valence electrons. The number of nitrogens with one attached hydrogen (secondary N) is 1. The van der Waals surface area contributed by atoms with Crippen molar-refractivity contribution in [1.82, 2.24) is 15.1 Å². The van der Waals surface area contributed by atoms with Crippen molar-refractivity contribution in [3.8, 4) is 0 Å². The van der Waals surface area contributed by atoms with E-state index >= 15 is 0 Å². The first-order valence-corrected chi connectivity index (χ1v) is 6.26. The van der Waals surface area contributed by atoms with Crippen LogP contribution < -0.4 is 5.32 Å². The highest BCUT2D eigenvalue weighted by Gasteiger charge is 2.23. The zero-order valence-corrected chi connectivity index (χ0v) is 11.4. The second kappa shape index (κ2) is 6.51. The van der Waals surface area contributed by atoms with Gasteiger partial charge in [0, 0.05) is 20.7 Å². The number of carbonyl (C=O) groups excluding carboxylic acids is 1. The molecule has 0 fully saturated rings. The normalized spacial score (nSPS) is 12.2. The first kappa shape index (κ1) is 13.9. The number of likely N-dealkylation sites (N-methyl/N-ethyl adjacent to an activating group) is 1. The Morgan fingerprint density at radius 1 is 1.59 bits per heavy atom. The summed E-state index contributed by atoms with van der Waals surface area (Å²) in [6, 6.07) is 0.0273. The Morgan fingerprint density at radius 2 is 2.29 bits per heavy atom. The highest BCUT2D eigenvalue weighted by molar-refractivity contribution is 7.17. The standard InChI is InChI=1S/C10H18N4O2S/c1-5-14(7(2)6-16-4)9(15)8-12-13-10(11-3)17-8/h7H,5-6H2,1-4H3,(H,11,13). The lowest BCUT2D eigenvalue weighted by molar-refractivity contribution is 0.0578. The van der Waals surface area contributed by atoms with Gasteiger partial charge in [-0.15, -0.1) is 10.2 Å². The van der Waals surface area contributed by atoms with Gasteiger partial charge in [-0.05, 0) is 13.8 Å². The lowest BCUT2D eigenvalue weighted by Crippen LogP contribution is -2.40. The van der Waals surface area contributed by atoms with Gasteiger partial charge in [-0.3, -0.25) is 4.79 Å². The van der Waals surface area contributed by atoms with Gasteiger partial charge >= 0.3 is 0 Å². The summed E-state index contributed by atoms with van der Waals surface area (Å²) < 4.78 is 5.06. The van der Waals surface area contributed by atoms with E-state index in [9.17, 15) is 4.79 Å². The van der Waals surface area contributed by atoms with E-state index in [0.29, 0.717) is 23.3 Å². The molecule has 1 aromatic rings. The van der Waals surface area contributed by atoms with Crippen LogP contribution in [0.1, 0.15) is 23.6 Å². The molecule has 0 aliphatic heterocycles. The molecule has 1 aromatic heterocycles. The second-order valence-corrected chi connectivity index (χ2v) is 4.54. The van der Waals surface area contributed by atoms with Crippen LogP contribution in [0.2, 0.25) is 0 Å². The van der Waals surface area contributed by atoms with Gasteiger partial charge in [0.2, 0.25) is 10.1 Å². The molecule has 0 saturated carbocycles. The Balaban J connectivity index is 2.78. The predicted octanol–water partition coefficient (Wildman–Crippen LogP) is 1.08. The number of aromatic nitrogens is 2. The molecular formula is C10H18N4O2S. The third-order valence-electron chi connectivity index (χ3n) is 2.36. The maximum Gasteiger partial charge on any atom is 0.285 e. The third kappa shape index (κ3) is 3.37. The predicted molar refractivity (Wildman–Crippen MR) is 67.5 cm³/mol. The smallest absolute Gasteiger partial charge is 0.285 e. The summed E-state index contributed by atoms with van der Waals surface area (Å²) in [5, 5.41) is 11.6. The summed E-state index contributed by atoms with van der Waals surface area (Å²) in [6.07, 6.45) is 0. The largest absolute Gasteiger partial charge is 0.383 e. The average Bonchev–Trinajstić information content (AvgIpc) is 2.78. The maximum absolute atomic E-state index is 12.2. The minimum atomic E-state index is -0.101. The number of carbonyl (C=O) groups is 1. The van der Waals surface area contributed by atoms with Gasteiger partial charge in [-0.1, -0.05) is 11.3 Å². The van der Waals surface area contributed by atoms with Crippen LogP contribution in [-0.2, 0) is 4.74 Å². The third-order valence-corrected chi connectivity index (χ3v) is 3.29. The number of hydrogen-bond donors (Lipinski definition) is 1. The molecule has 1 heterocycles. The van der Waals surface area contributed by atoms with Crippen molar-refractivity contribution in [2.24, 2.45) is 0 Å². The molecule has 6 nitrogen and oxygen atoms in total. The molecule has 0 spiro atoms. The summed E-state index contributed by atoms with van der Waals surface area (Å²) in [4.78, 5) is 13.9. The molecule has 1 atom stereocenters. The molecule has 1 unspecified atom stereocenters. The molecule has 1 N–H and O–H groups in total. The monoisotopic (exact) mass is 258 g/mol. The van der Waals surface area contributed by atoms with Crippen LogP contribution in [-0.4, -0.2) is 54.4 Å². The number of hydrogen-bond acceptors (Lipinski definition) is 6. The van der Waals surface area contributed by atoms with Crippen molar-refractivity contribution in [2.45, 2.75) is 19.9 Å². The highest BCUT2D eigenvalue weighted by Crippen LogP contribution is 2.17. The van der Waals surface area contributed by atoms with Gasteiger partial charge in [-0.25, -0.2) is 0 Å². The number of nitrogens with zero attached hydrogens (tertiary/aromatic N) is 3. The summed E-state index contributed by atoms with van der Waals surface area (Å²) in [5.74, 6) is -0.101. The van der Waals surface area contributed by atoms with Crippen LogP contribution >= 0.6 is 11.3 Å². The molecule has 7 heteroatoms. The summed E-state index contributed by atoms with van der Waals surface area (Å²) >= 11 is 1.25. The topological polar surface area (TPSA) is 67.4 Å². The first-order chi connectivity index (χ1) is 8.13. The van der Waals surface area contributed by atoms with Crippen molar-refractivity contribution in [1.29, 1.82) is 0 Å². The van der Waals surface area contributed by atoms with Crippen molar-refractivity contribution >= 4 is 22.4 Å². The van der Waals surface area contributed by atoms with Gasteiger partial charge in [0.15, 0.2) is 0 Å². The van der Waals surface area contributed by atoms with E-state index in [2.05, 4.69) is 15.5 Å². The van der Waals surface area contributed by atoms with Crippen LogP contribution in [0.15, 0.2) is 0 Å². The molecule has 17 heavy (non-hydrogen) atoms. The van der Waals surface area contributed by atoms with Crippen LogP contribution in [0.3, 0.4) is 0 Å². The van der Waals surface area contributed by atoms with Crippen molar-refractivity contribution in [3.63, 3.8) is 0 Å². The summed E-state index contributed by atoms with van der Waals surface area (Å²) in [5.41, 5.74) is 0. The molecule has 0 aliphatic carbocycles. The number of methoxy groups -OCH3 is 1. The van der Waals surface area contributed by atoms with Crippen LogP contribution in [0, 0.1) is 0 Å². The van der Waals surface area contributed by atoms with Crippen molar-refractivity contribution in [3.05, 3.63) is 5.01 Å². The first-order valence-electron chi connectivity index (χ1n) is 5.45. The number of rotatable bonds is 6. The van der Waals surface area contributed by atoms with Gasteiger partial charge in [0.1, 0.15) is 0 Å². The maximum atomic E-state index is 12.2. The number of amides is 1. The molecular weight excluding hydrogens is 240 g/mol. The SMILES string of the molecule is CCN(C(=O)c1nnc(NC)s1)C(C)COC. The van der Waals surface area contributed by atoms with E-state index in [-0.39, 0.29) is 11.9 Å². The summed E-state index contributed by atoms with van der Waals surface area (Å²) in [7, 11) is 3.37. The zero-order valence-electron chi connectivity index (χ0n) is 10.6. The van der Waals surface area contributed by atoms with E-state index in [1.54, 1.807) is 19.1 Å². The van der Waals surface area contributed by atoms with Gasteiger partial charge in [-0.2, -0.15) is 0 Å². The fraction of sp³-hybridized carbons (Fsp3) is 0.700. The molecule has 0 bridgehead atoms. The fourth-order valence-corrected chi connectivity index (χ4v) is 2.17. The van der Waals surface area contributed by atoms with Gasteiger partial charge < -0.3 is 15.0 Å². The van der Waals surface area contributed by atoms with Gasteiger partial charge in [0.25, 0.3) is 5.91 Å². The van der Waals surface area contributed by atoms with Crippen LogP contribution in [0.25, 0.3) is 0 Å². The molecule has 0 saturated heterocycles. The summed E-state index contributed by atoms with van der Waals surface area (Å²) in [6.45, 7) is 5.02. The minimum absolute atomic E-state index is 0.0273. The molecule has 0 aliphatic rings. The van der Waals surface area contributed by atoms with E-state index < -0.39 is 0 Å². The van der Waals surface area contributed by atoms with Crippen molar-refractivity contribution in [2.75, 3.05) is 32.6 Å². The Bertz CT molecular complexity index is 369. The number of ether oxygens (including phenoxy) is 1. The Labute approximate surface area is 105 Å².